The predicted octanol–water partition coefficient (Wildman–Crippen LogP) is 3.15. The van der Waals surface area contributed by atoms with Gasteiger partial charge in [0.25, 0.3) is 0 Å². The van der Waals surface area contributed by atoms with Crippen LogP contribution in [-0.2, 0) is 6.42 Å². The van der Waals surface area contributed by atoms with Crippen LogP contribution in [0.4, 0.5) is 5.69 Å². The zero-order valence-corrected chi connectivity index (χ0v) is 12.4. The molecule has 19 heavy (non-hydrogen) atoms. The molecule has 0 saturated carbocycles. The largest absolute Gasteiger partial charge is 0.487 e. The second-order valence-corrected chi connectivity index (χ2v) is 5.55. The van der Waals surface area contributed by atoms with E-state index in [1.54, 1.807) is 0 Å². The lowest BCUT2D eigenvalue weighted by atomic mass is 10.1. The van der Waals surface area contributed by atoms with Crippen molar-refractivity contribution in [2.75, 3.05) is 32.0 Å². The van der Waals surface area contributed by atoms with Crippen LogP contribution in [0.1, 0.15) is 32.3 Å². The minimum Gasteiger partial charge on any atom is -0.487 e. The molecule has 1 N–H and O–H groups in total. The van der Waals surface area contributed by atoms with Crippen LogP contribution in [0.15, 0.2) is 18.2 Å². The Morgan fingerprint density at radius 3 is 3.00 bits per heavy atom. The van der Waals surface area contributed by atoms with Crippen LogP contribution in [0, 0.1) is 0 Å². The van der Waals surface area contributed by atoms with Crippen molar-refractivity contribution < 1.29 is 4.74 Å². The van der Waals surface area contributed by atoms with Gasteiger partial charge in [-0.15, -0.1) is 0 Å². The standard InChI is InChI=1S/C16H26N2O/c1-4-5-9-18(3)10-8-14-6-7-16-15(11-14)17-12-13(2)19-16/h6-7,11,13,17H,4-5,8-10,12H2,1-3H3. The lowest BCUT2D eigenvalue weighted by Gasteiger charge is -2.25. The lowest BCUT2D eigenvalue weighted by Crippen LogP contribution is -2.27. The molecular formula is C16H26N2O. The summed E-state index contributed by atoms with van der Waals surface area (Å²) in [6.07, 6.45) is 3.92. The SMILES string of the molecule is CCCCN(C)CCc1ccc2c(c1)NCC(C)O2. The second-order valence-electron chi connectivity index (χ2n) is 5.55. The summed E-state index contributed by atoms with van der Waals surface area (Å²) in [5.74, 6) is 0.988. The number of nitrogens with one attached hydrogen (secondary N) is 1. The minimum atomic E-state index is 0.263. The molecule has 0 aromatic heterocycles. The van der Waals surface area contributed by atoms with Crippen molar-refractivity contribution in [3.63, 3.8) is 0 Å². The molecule has 1 aliphatic rings. The van der Waals surface area contributed by atoms with Crippen LogP contribution in [-0.4, -0.2) is 37.7 Å². The number of unbranched alkanes of at least 4 members (excludes halogenated alkanes) is 1. The second kappa shape index (κ2) is 6.80. The molecule has 0 spiro atoms. The van der Waals surface area contributed by atoms with Crippen LogP contribution in [0.5, 0.6) is 5.75 Å². The molecule has 1 heterocycles. The number of anilines is 1. The zero-order valence-electron chi connectivity index (χ0n) is 12.4. The van der Waals surface area contributed by atoms with Crippen molar-refractivity contribution in [3.8, 4) is 5.75 Å². The maximum Gasteiger partial charge on any atom is 0.142 e. The van der Waals surface area contributed by atoms with Crippen molar-refractivity contribution in [1.82, 2.24) is 4.90 Å². The van der Waals surface area contributed by atoms with Gasteiger partial charge in [-0.05, 0) is 51.1 Å². The van der Waals surface area contributed by atoms with Gasteiger partial charge < -0.3 is 15.0 Å². The van der Waals surface area contributed by atoms with Gasteiger partial charge in [-0.1, -0.05) is 19.4 Å². The third-order valence-electron chi connectivity index (χ3n) is 3.63. The molecule has 1 aliphatic heterocycles. The van der Waals surface area contributed by atoms with Gasteiger partial charge in [0.2, 0.25) is 0 Å². The first-order valence-corrected chi connectivity index (χ1v) is 7.41. The molecule has 0 aliphatic carbocycles. The van der Waals surface area contributed by atoms with E-state index in [1.165, 1.54) is 24.9 Å². The molecule has 0 amide bonds. The van der Waals surface area contributed by atoms with Gasteiger partial charge in [0.05, 0.1) is 12.2 Å². The smallest absolute Gasteiger partial charge is 0.142 e. The van der Waals surface area contributed by atoms with Crippen molar-refractivity contribution in [1.29, 1.82) is 0 Å². The Morgan fingerprint density at radius 2 is 2.21 bits per heavy atom. The highest BCUT2D eigenvalue weighted by atomic mass is 16.5. The molecule has 106 valence electrons. The molecule has 1 atom stereocenters. The quantitative estimate of drug-likeness (QED) is 0.852. The first-order valence-electron chi connectivity index (χ1n) is 7.41. The van der Waals surface area contributed by atoms with Gasteiger partial charge in [-0.3, -0.25) is 0 Å². The zero-order chi connectivity index (χ0) is 13.7. The highest BCUT2D eigenvalue weighted by Crippen LogP contribution is 2.29. The molecule has 1 aromatic rings. The molecular weight excluding hydrogens is 236 g/mol. The van der Waals surface area contributed by atoms with E-state index in [9.17, 15) is 0 Å². The number of benzene rings is 1. The maximum atomic E-state index is 5.79. The Morgan fingerprint density at radius 1 is 1.37 bits per heavy atom. The van der Waals surface area contributed by atoms with E-state index in [0.29, 0.717) is 0 Å². The highest BCUT2D eigenvalue weighted by Gasteiger charge is 2.15. The molecule has 2 rings (SSSR count). The summed E-state index contributed by atoms with van der Waals surface area (Å²) in [5, 5.41) is 3.44. The van der Waals surface area contributed by atoms with Gasteiger partial charge >= 0.3 is 0 Å². The fourth-order valence-electron chi connectivity index (χ4n) is 2.35. The summed E-state index contributed by atoms with van der Waals surface area (Å²) in [5.41, 5.74) is 2.53. The molecule has 0 saturated heterocycles. The van der Waals surface area contributed by atoms with Crippen molar-refractivity contribution in [2.24, 2.45) is 0 Å². The van der Waals surface area contributed by atoms with Gasteiger partial charge in [0.1, 0.15) is 11.9 Å². The summed E-state index contributed by atoms with van der Waals surface area (Å²) in [6.45, 7) is 7.54. The first kappa shape index (κ1) is 14.2. The van der Waals surface area contributed by atoms with Gasteiger partial charge in [0.15, 0.2) is 0 Å². The lowest BCUT2D eigenvalue weighted by molar-refractivity contribution is 0.226. The normalized spacial score (nSPS) is 17.8. The van der Waals surface area contributed by atoms with Crippen molar-refractivity contribution >= 4 is 5.69 Å². The average Bonchev–Trinajstić information content (AvgIpc) is 2.42. The molecule has 3 nitrogen and oxygen atoms in total. The van der Waals surface area contributed by atoms with Crippen LogP contribution in [0.2, 0.25) is 0 Å². The number of ether oxygens (including phenoxy) is 1. The summed E-state index contributed by atoms with van der Waals surface area (Å²) < 4.78 is 5.79. The maximum absolute atomic E-state index is 5.79. The topological polar surface area (TPSA) is 24.5 Å². The summed E-state index contributed by atoms with van der Waals surface area (Å²) in [7, 11) is 2.21. The number of nitrogens with zero attached hydrogens (tertiary/aromatic N) is 1. The molecule has 0 radical (unpaired) electrons. The highest BCUT2D eigenvalue weighted by molar-refractivity contribution is 5.59. The average molecular weight is 262 g/mol. The number of hydrogen-bond donors (Lipinski definition) is 1. The molecule has 0 fully saturated rings. The van der Waals surface area contributed by atoms with Gasteiger partial charge in [-0.25, -0.2) is 0 Å². The summed E-state index contributed by atoms with van der Waals surface area (Å²) >= 11 is 0. The van der Waals surface area contributed by atoms with Crippen LogP contribution in [0.3, 0.4) is 0 Å². The van der Waals surface area contributed by atoms with Crippen LogP contribution < -0.4 is 10.1 Å². The monoisotopic (exact) mass is 262 g/mol. The third-order valence-corrected chi connectivity index (χ3v) is 3.63. The molecule has 0 bridgehead atoms. The molecule has 1 aromatic carbocycles. The van der Waals surface area contributed by atoms with E-state index in [0.717, 1.165) is 30.9 Å². The van der Waals surface area contributed by atoms with Crippen LogP contribution >= 0.6 is 0 Å². The van der Waals surface area contributed by atoms with E-state index in [1.807, 2.05) is 0 Å². The summed E-state index contributed by atoms with van der Waals surface area (Å²) in [6, 6.07) is 6.51. The van der Waals surface area contributed by atoms with Crippen molar-refractivity contribution in [3.05, 3.63) is 23.8 Å². The van der Waals surface area contributed by atoms with Crippen LogP contribution in [0.25, 0.3) is 0 Å². The van der Waals surface area contributed by atoms with Gasteiger partial charge in [0, 0.05) is 6.54 Å². The first-order chi connectivity index (χ1) is 9.19. The number of rotatable bonds is 6. The summed E-state index contributed by atoms with van der Waals surface area (Å²) in [4.78, 5) is 2.41. The number of likely N-dealkylation sites (N-methyl/N-ethyl adjacent to an activating group) is 1. The number of fused-ring (bicyclic) bond motifs is 1. The fraction of sp³-hybridized carbons (Fsp3) is 0.625. The minimum absolute atomic E-state index is 0.263. The number of hydrogen-bond acceptors (Lipinski definition) is 3. The third kappa shape index (κ3) is 4.13. The van der Waals surface area contributed by atoms with E-state index >= 15 is 0 Å². The molecule has 1 unspecified atom stereocenters. The van der Waals surface area contributed by atoms with Gasteiger partial charge in [-0.2, -0.15) is 0 Å². The van der Waals surface area contributed by atoms with E-state index in [2.05, 4.69) is 49.3 Å². The Hall–Kier alpha value is -1.22. The van der Waals surface area contributed by atoms with E-state index in [-0.39, 0.29) is 6.10 Å². The Kier molecular flexibility index (Phi) is 5.08. The van der Waals surface area contributed by atoms with E-state index < -0.39 is 0 Å². The Labute approximate surface area is 116 Å². The van der Waals surface area contributed by atoms with Crippen molar-refractivity contribution in [2.45, 2.75) is 39.2 Å². The Balaban J connectivity index is 1.88. The fourth-order valence-corrected chi connectivity index (χ4v) is 2.35. The molecule has 3 heteroatoms. The predicted molar refractivity (Wildman–Crippen MR) is 81.1 cm³/mol. The van der Waals surface area contributed by atoms with E-state index in [4.69, 9.17) is 4.74 Å². The Bertz CT molecular complexity index is 406.